The first-order chi connectivity index (χ1) is 11.1. The van der Waals surface area contributed by atoms with Crippen LogP contribution >= 0.6 is 24.0 Å². The fraction of sp³-hybridized carbons (Fsp3) is 0.588. The summed E-state index contributed by atoms with van der Waals surface area (Å²) in [5, 5.41) is 3.27. The Balaban J connectivity index is 0.00000288. The summed E-state index contributed by atoms with van der Waals surface area (Å²) in [5.41, 5.74) is 1.09. The Kier molecular flexibility index (Phi) is 9.53. The molecule has 0 radical (unpaired) electrons. The average Bonchev–Trinajstić information content (AvgIpc) is 2.56. The standard InChI is InChI=1S/C17H27FN4O.HI/c1-4-19-17(21(2)3)20-13-16(22-9-11-23-12-10-22)14-5-7-15(18)8-6-14;/h5-8,16H,4,9-13H2,1-3H3,(H,19,20);1H. The van der Waals surface area contributed by atoms with Gasteiger partial charge >= 0.3 is 0 Å². The normalized spacial score (nSPS) is 17.1. The fourth-order valence-corrected chi connectivity index (χ4v) is 2.69. The summed E-state index contributed by atoms with van der Waals surface area (Å²) >= 11 is 0. The second kappa shape index (κ2) is 10.8. The zero-order valence-corrected chi connectivity index (χ0v) is 17.0. The molecule has 0 aromatic heterocycles. The van der Waals surface area contributed by atoms with Gasteiger partial charge in [-0.25, -0.2) is 4.39 Å². The van der Waals surface area contributed by atoms with E-state index in [4.69, 9.17) is 9.73 Å². The van der Waals surface area contributed by atoms with Gasteiger partial charge in [-0.1, -0.05) is 12.1 Å². The van der Waals surface area contributed by atoms with Crippen molar-refractivity contribution in [2.24, 2.45) is 4.99 Å². The molecule has 5 nitrogen and oxygen atoms in total. The Labute approximate surface area is 161 Å². The summed E-state index contributed by atoms with van der Waals surface area (Å²) in [6.07, 6.45) is 0. The van der Waals surface area contributed by atoms with Crippen LogP contribution in [0.25, 0.3) is 0 Å². The highest BCUT2D eigenvalue weighted by atomic mass is 127. The number of nitrogens with one attached hydrogen (secondary N) is 1. The van der Waals surface area contributed by atoms with Gasteiger partial charge in [-0.05, 0) is 24.6 Å². The zero-order valence-electron chi connectivity index (χ0n) is 14.7. The minimum absolute atomic E-state index is 0. The molecule has 1 N–H and O–H groups in total. The van der Waals surface area contributed by atoms with E-state index in [0.717, 1.165) is 44.4 Å². The summed E-state index contributed by atoms with van der Waals surface area (Å²) in [6, 6.07) is 6.88. The molecule has 1 heterocycles. The molecule has 136 valence electrons. The molecule has 1 saturated heterocycles. The van der Waals surface area contributed by atoms with Crippen molar-refractivity contribution in [3.05, 3.63) is 35.6 Å². The number of hydrogen-bond donors (Lipinski definition) is 1. The molecular weight excluding hydrogens is 422 g/mol. The minimum atomic E-state index is -0.209. The van der Waals surface area contributed by atoms with E-state index in [2.05, 4.69) is 17.1 Å². The van der Waals surface area contributed by atoms with Crippen LogP contribution < -0.4 is 5.32 Å². The smallest absolute Gasteiger partial charge is 0.193 e. The number of ether oxygens (including phenoxy) is 1. The zero-order chi connectivity index (χ0) is 16.7. The molecule has 1 aliphatic heterocycles. The van der Waals surface area contributed by atoms with Crippen LogP contribution in [0.4, 0.5) is 4.39 Å². The summed E-state index contributed by atoms with van der Waals surface area (Å²) in [6.45, 7) is 6.72. The van der Waals surface area contributed by atoms with E-state index in [-0.39, 0.29) is 35.8 Å². The van der Waals surface area contributed by atoms with E-state index in [1.165, 1.54) is 12.1 Å². The number of halogens is 2. The first-order valence-corrected chi connectivity index (χ1v) is 8.14. The first-order valence-electron chi connectivity index (χ1n) is 8.14. The lowest BCUT2D eigenvalue weighted by molar-refractivity contribution is 0.0179. The Morgan fingerprint density at radius 2 is 1.92 bits per heavy atom. The molecule has 2 rings (SSSR count). The number of nitrogens with zero attached hydrogens (tertiary/aromatic N) is 3. The van der Waals surface area contributed by atoms with Gasteiger partial charge in [0.25, 0.3) is 0 Å². The minimum Gasteiger partial charge on any atom is -0.379 e. The van der Waals surface area contributed by atoms with E-state index in [0.29, 0.717) is 6.54 Å². The molecule has 0 aliphatic carbocycles. The number of aliphatic imine (C=N–C) groups is 1. The van der Waals surface area contributed by atoms with Gasteiger partial charge in [0.2, 0.25) is 0 Å². The summed E-state index contributed by atoms with van der Waals surface area (Å²) in [5.74, 6) is 0.660. The predicted molar refractivity (Wildman–Crippen MR) is 107 cm³/mol. The molecule has 1 unspecified atom stereocenters. The molecule has 24 heavy (non-hydrogen) atoms. The molecule has 1 fully saturated rings. The van der Waals surface area contributed by atoms with Gasteiger partial charge in [-0.2, -0.15) is 0 Å². The molecule has 0 saturated carbocycles. The Hall–Kier alpha value is -0.930. The molecule has 1 atom stereocenters. The number of rotatable bonds is 5. The van der Waals surface area contributed by atoms with Crippen LogP contribution in [0.3, 0.4) is 0 Å². The van der Waals surface area contributed by atoms with Crippen molar-refractivity contribution in [3.8, 4) is 0 Å². The number of guanidine groups is 1. The molecule has 1 aromatic rings. The average molecular weight is 450 g/mol. The second-order valence-corrected chi connectivity index (χ2v) is 5.80. The van der Waals surface area contributed by atoms with Gasteiger partial charge in [0.1, 0.15) is 5.82 Å². The summed E-state index contributed by atoms with van der Waals surface area (Å²) in [7, 11) is 3.95. The van der Waals surface area contributed by atoms with Crippen LogP contribution in [-0.2, 0) is 4.74 Å². The largest absolute Gasteiger partial charge is 0.379 e. The van der Waals surface area contributed by atoms with Crippen molar-refractivity contribution in [1.82, 2.24) is 15.1 Å². The van der Waals surface area contributed by atoms with Crippen LogP contribution in [-0.4, -0.2) is 69.2 Å². The van der Waals surface area contributed by atoms with Gasteiger partial charge < -0.3 is 15.0 Å². The van der Waals surface area contributed by atoms with Crippen molar-refractivity contribution in [3.63, 3.8) is 0 Å². The van der Waals surface area contributed by atoms with Crippen LogP contribution in [0, 0.1) is 5.82 Å². The highest BCUT2D eigenvalue weighted by molar-refractivity contribution is 14.0. The second-order valence-electron chi connectivity index (χ2n) is 5.80. The highest BCUT2D eigenvalue weighted by Gasteiger charge is 2.22. The molecule has 0 bridgehead atoms. The SMILES string of the molecule is CCNC(=NCC(c1ccc(F)cc1)N1CCOCC1)N(C)C.I. The maximum absolute atomic E-state index is 13.2. The van der Waals surface area contributed by atoms with Crippen molar-refractivity contribution >= 4 is 29.9 Å². The van der Waals surface area contributed by atoms with Crippen molar-refractivity contribution in [2.75, 3.05) is 53.5 Å². The lowest BCUT2D eigenvalue weighted by Crippen LogP contribution is -2.41. The third-order valence-electron chi connectivity index (χ3n) is 3.91. The number of hydrogen-bond acceptors (Lipinski definition) is 3. The topological polar surface area (TPSA) is 40.1 Å². The summed E-state index contributed by atoms with van der Waals surface area (Å²) < 4.78 is 18.7. The number of morpholine rings is 1. The first kappa shape index (κ1) is 21.1. The summed E-state index contributed by atoms with van der Waals surface area (Å²) in [4.78, 5) is 9.08. The van der Waals surface area contributed by atoms with Gasteiger partial charge in [-0.3, -0.25) is 9.89 Å². The van der Waals surface area contributed by atoms with Crippen LogP contribution in [0.2, 0.25) is 0 Å². The quantitative estimate of drug-likeness (QED) is 0.425. The fourth-order valence-electron chi connectivity index (χ4n) is 2.69. The molecule has 0 amide bonds. The molecule has 1 aliphatic rings. The lowest BCUT2D eigenvalue weighted by atomic mass is 10.0. The maximum atomic E-state index is 13.2. The molecule has 0 spiro atoms. The lowest BCUT2D eigenvalue weighted by Gasteiger charge is -2.34. The van der Waals surface area contributed by atoms with Gasteiger partial charge in [-0.15, -0.1) is 24.0 Å². The van der Waals surface area contributed by atoms with Crippen molar-refractivity contribution in [1.29, 1.82) is 0 Å². The third kappa shape index (κ3) is 6.18. The Bertz CT molecular complexity index is 504. The van der Waals surface area contributed by atoms with Gasteiger partial charge in [0.05, 0.1) is 25.8 Å². The van der Waals surface area contributed by atoms with Gasteiger partial charge in [0.15, 0.2) is 5.96 Å². The van der Waals surface area contributed by atoms with Crippen molar-refractivity contribution < 1.29 is 9.13 Å². The predicted octanol–water partition coefficient (Wildman–Crippen LogP) is 2.34. The molecular formula is C17H28FIN4O. The van der Waals surface area contributed by atoms with Crippen LogP contribution in [0.1, 0.15) is 18.5 Å². The van der Waals surface area contributed by atoms with E-state index < -0.39 is 0 Å². The van der Waals surface area contributed by atoms with Gasteiger partial charge in [0, 0.05) is 33.7 Å². The van der Waals surface area contributed by atoms with E-state index in [1.54, 1.807) is 0 Å². The maximum Gasteiger partial charge on any atom is 0.193 e. The monoisotopic (exact) mass is 450 g/mol. The van der Waals surface area contributed by atoms with Crippen molar-refractivity contribution in [2.45, 2.75) is 13.0 Å². The van der Waals surface area contributed by atoms with Crippen LogP contribution in [0.5, 0.6) is 0 Å². The third-order valence-corrected chi connectivity index (χ3v) is 3.91. The highest BCUT2D eigenvalue weighted by Crippen LogP contribution is 2.22. The molecule has 7 heteroatoms. The molecule has 1 aromatic carbocycles. The van der Waals surface area contributed by atoms with E-state index in [9.17, 15) is 4.39 Å². The Morgan fingerprint density at radius 1 is 1.29 bits per heavy atom. The Morgan fingerprint density at radius 3 is 2.46 bits per heavy atom. The van der Waals surface area contributed by atoms with E-state index in [1.807, 2.05) is 31.1 Å². The number of benzene rings is 1. The van der Waals surface area contributed by atoms with E-state index >= 15 is 0 Å². The van der Waals surface area contributed by atoms with Crippen LogP contribution in [0.15, 0.2) is 29.3 Å².